The molecule has 2 aromatic rings. The topological polar surface area (TPSA) is 40.8 Å². The van der Waals surface area contributed by atoms with E-state index in [2.05, 4.69) is 39.5 Å². The minimum absolute atomic E-state index is 0.299. The Hall–Kier alpha value is -1.39. The molecule has 0 bridgehead atoms. The molecule has 0 aliphatic heterocycles. The molecule has 0 saturated heterocycles. The fraction of sp³-hybridized carbons (Fsp3) is 0.562. The molecule has 0 atom stereocenters. The molecule has 4 nitrogen and oxygen atoms in total. The van der Waals surface area contributed by atoms with Crippen molar-refractivity contribution in [3.05, 3.63) is 35.8 Å². The number of hydrogen-bond acceptors (Lipinski definition) is 3. The summed E-state index contributed by atoms with van der Waals surface area (Å²) >= 11 is 0. The lowest BCUT2D eigenvalue weighted by molar-refractivity contribution is 0.226. The Labute approximate surface area is 120 Å². The van der Waals surface area contributed by atoms with Gasteiger partial charge in [0, 0.05) is 25.4 Å². The van der Waals surface area contributed by atoms with Crippen molar-refractivity contribution in [3.63, 3.8) is 0 Å². The zero-order valence-corrected chi connectivity index (χ0v) is 12.1. The van der Waals surface area contributed by atoms with Crippen molar-refractivity contribution in [1.29, 1.82) is 0 Å². The van der Waals surface area contributed by atoms with Crippen LogP contribution in [-0.4, -0.2) is 38.6 Å². The van der Waals surface area contributed by atoms with Gasteiger partial charge < -0.3 is 9.51 Å². The van der Waals surface area contributed by atoms with E-state index in [9.17, 15) is 0 Å². The maximum absolute atomic E-state index is 8.92. The van der Waals surface area contributed by atoms with Gasteiger partial charge in [0.15, 0.2) is 0 Å². The first-order valence-electron chi connectivity index (χ1n) is 7.55. The molecule has 3 rings (SSSR count). The molecule has 1 fully saturated rings. The van der Waals surface area contributed by atoms with Crippen LogP contribution < -0.4 is 0 Å². The smallest absolute Gasteiger partial charge is 0.137 e. The standard InChI is InChI=1S/C16H23N3O/c1-13-6-8-19-15(11-17-16(19)10-13)12-18(14-4-5-14)7-2-3-9-20/h6,8,10-11,14,20H,2-5,7,9,12H2,1H3. The summed E-state index contributed by atoms with van der Waals surface area (Å²) in [6, 6.07) is 4.99. The summed E-state index contributed by atoms with van der Waals surface area (Å²) < 4.78 is 2.19. The Bertz CT molecular complexity index is 574. The minimum atomic E-state index is 0.299. The summed E-state index contributed by atoms with van der Waals surface area (Å²) in [5, 5.41) is 8.92. The number of aliphatic hydroxyl groups excluding tert-OH is 1. The van der Waals surface area contributed by atoms with E-state index in [1.807, 2.05) is 6.20 Å². The molecule has 4 heteroatoms. The van der Waals surface area contributed by atoms with Crippen molar-refractivity contribution >= 4 is 5.65 Å². The maximum Gasteiger partial charge on any atom is 0.137 e. The van der Waals surface area contributed by atoms with E-state index >= 15 is 0 Å². The third-order valence-electron chi connectivity index (χ3n) is 4.03. The maximum atomic E-state index is 8.92. The second-order valence-corrected chi connectivity index (χ2v) is 5.81. The summed E-state index contributed by atoms with van der Waals surface area (Å²) in [4.78, 5) is 7.05. The number of hydrogen-bond donors (Lipinski definition) is 1. The summed E-state index contributed by atoms with van der Waals surface area (Å²) in [6.45, 7) is 4.43. The quantitative estimate of drug-likeness (QED) is 0.787. The fourth-order valence-corrected chi connectivity index (χ4v) is 2.72. The van der Waals surface area contributed by atoms with E-state index in [0.717, 1.165) is 37.6 Å². The lowest BCUT2D eigenvalue weighted by atomic mass is 10.2. The van der Waals surface area contributed by atoms with Crippen LogP contribution in [0.5, 0.6) is 0 Å². The van der Waals surface area contributed by atoms with Crippen LogP contribution in [0.3, 0.4) is 0 Å². The zero-order chi connectivity index (χ0) is 13.9. The average molecular weight is 273 g/mol. The number of aryl methyl sites for hydroxylation is 1. The number of fused-ring (bicyclic) bond motifs is 1. The highest BCUT2D eigenvalue weighted by molar-refractivity contribution is 5.42. The molecule has 1 saturated carbocycles. The second kappa shape index (κ2) is 5.94. The van der Waals surface area contributed by atoms with Crippen LogP contribution in [0.4, 0.5) is 0 Å². The van der Waals surface area contributed by atoms with Crippen LogP contribution >= 0.6 is 0 Å². The van der Waals surface area contributed by atoms with Crippen LogP contribution in [0.2, 0.25) is 0 Å². The lowest BCUT2D eigenvalue weighted by Gasteiger charge is -2.21. The van der Waals surface area contributed by atoms with Gasteiger partial charge in [0.1, 0.15) is 5.65 Å². The van der Waals surface area contributed by atoms with Crippen molar-refractivity contribution in [3.8, 4) is 0 Å². The second-order valence-electron chi connectivity index (χ2n) is 5.81. The highest BCUT2D eigenvalue weighted by atomic mass is 16.2. The Balaban J connectivity index is 1.73. The number of rotatable bonds is 7. The zero-order valence-electron chi connectivity index (χ0n) is 12.1. The molecule has 0 aromatic carbocycles. The monoisotopic (exact) mass is 273 g/mol. The third kappa shape index (κ3) is 3.02. The minimum Gasteiger partial charge on any atom is -0.396 e. The van der Waals surface area contributed by atoms with E-state index in [1.165, 1.54) is 24.1 Å². The van der Waals surface area contributed by atoms with Crippen LogP contribution in [0.25, 0.3) is 5.65 Å². The molecule has 0 unspecified atom stereocenters. The van der Waals surface area contributed by atoms with Gasteiger partial charge in [-0.05, 0) is 56.8 Å². The van der Waals surface area contributed by atoms with E-state index in [-0.39, 0.29) is 0 Å². The number of unbranched alkanes of at least 4 members (excludes halogenated alkanes) is 1. The molecular weight excluding hydrogens is 250 g/mol. The van der Waals surface area contributed by atoms with E-state index in [1.54, 1.807) is 0 Å². The molecule has 2 heterocycles. The molecule has 0 radical (unpaired) electrons. The number of pyridine rings is 1. The first-order valence-corrected chi connectivity index (χ1v) is 7.55. The highest BCUT2D eigenvalue weighted by Crippen LogP contribution is 2.28. The van der Waals surface area contributed by atoms with Crippen LogP contribution in [0.15, 0.2) is 24.5 Å². The van der Waals surface area contributed by atoms with E-state index in [0.29, 0.717) is 6.61 Å². The molecular formula is C16H23N3O. The van der Waals surface area contributed by atoms with Crippen LogP contribution in [0, 0.1) is 6.92 Å². The molecule has 108 valence electrons. The van der Waals surface area contributed by atoms with Crippen LogP contribution in [0.1, 0.15) is 36.9 Å². The molecule has 20 heavy (non-hydrogen) atoms. The van der Waals surface area contributed by atoms with E-state index in [4.69, 9.17) is 5.11 Å². The molecule has 1 aliphatic rings. The van der Waals surface area contributed by atoms with Gasteiger partial charge in [-0.15, -0.1) is 0 Å². The summed E-state index contributed by atoms with van der Waals surface area (Å²) in [6.07, 6.45) is 8.71. The van der Waals surface area contributed by atoms with Crippen LogP contribution in [-0.2, 0) is 6.54 Å². The molecule has 1 N–H and O–H groups in total. The average Bonchev–Trinajstić information content (AvgIpc) is 3.21. The molecule has 0 spiro atoms. The SMILES string of the molecule is Cc1ccn2c(CN(CCCCO)C3CC3)cnc2c1. The van der Waals surface area contributed by atoms with Gasteiger partial charge >= 0.3 is 0 Å². The highest BCUT2D eigenvalue weighted by Gasteiger charge is 2.29. The van der Waals surface area contributed by atoms with Crippen molar-refractivity contribution in [2.24, 2.45) is 0 Å². The third-order valence-corrected chi connectivity index (χ3v) is 4.03. The summed E-state index contributed by atoms with van der Waals surface area (Å²) in [7, 11) is 0. The van der Waals surface area contributed by atoms with E-state index < -0.39 is 0 Å². The van der Waals surface area contributed by atoms with Crippen molar-refractivity contribution in [1.82, 2.24) is 14.3 Å². The van der Waals surface area contributed by atoms with Crippen molar-refractivity contribution < 1.29 is 5.11 Å². The summed E-state index contributed by atoms with van der Waals surface area (Å²) in [5.41, 5.74) is 3.54. The fourth-order valence-electron chi connectivity index (χ4n) is 2.72. The lowest BCUT2D eigenvalue weighted by Crippen LogP contribution is -2.27. The van der Waals surface area contributed by atoms with Crippen molar-refractivity contribution in [2.45, 2.75) is 45.2 Å². The predicted molar refractivity (Wildman–Crippen MR) is 79.7 cm³/mol. The van der Waals surface area contributed by atoms with Gasteiger partial charge in [0.2, 0.25) is 0 Å². The van der Waals surface area contributed by atoms with Crippen molar-refractivity contribution in [2.75, 3.05) is 13.2 Å². The Kier molecular flexibility index (Phi) is 4.03. The molecule has 1 aliphatic carbocycles. The number of aliphatic hydroxyl groups is 1. The first-order chi connectivity index (χ1) is 9.78. The predicted octanol–water partition coefficient (Wildman–Crippen LogP) is 2.38. The normalized spacial score (nSPS) is 15.3. The number of imidazole rings is 1. The summed E-state index contributed by atoms with van der Waals surface area (Å²) in [5.74, 6) is 0. The van der Waals surface area contributed by atoms with Gasteiger partial charge in [-0.2, -0.15) is 0 Å². The largest absolute Gasteiger partial charge is 0.396 e. The first kappa shape index (κ1) is 13.6. The molecule has 2 aromatic heterocycles. The Morgan fingerprint density at radius 2 is 2.25 bits per heavy atom. The van der Waals surface area contributed by atoms with Gasteiger partial charge in [0.05, 0.1) is 11.9 Å². The number of nitrogens with zero attached hydrogens (tertiary/aromatic N) is 3. The number of aromatic nitrogens is 2. The van der Waals surface area contributed by atoms with Gasteiger partial charge in [-0.25, -0.2) is 4.98 Å². The molecule has 0 amide bonds. The van der Waals surface area contributed by atoms with Gasteiger partial charge in [0.25, 0.3) is 0 Å². The van der Waals surface area contributed by atoms with Gasteiger partial charge in [-0.3, -0.25) is 4.90 Å². The van der Waals surface area contributed by atoms with Gasteiger partial charge in [-0.1, -0.05) is 0 Å². The Morgan fingerprint density at radius 1 is 1.40 bits per heavy atom. The Morgan fingerprint density at radius 3 is 3.00 bits per heavy atom.